The molecule has 0 aromatic heterocycles. The summed E-state index contributed by atoms with van der Waals surface area (Å²) >= 11 is 0. The third-order valence-corrected chi connectivity index (χ3v) is 6.07. The van der Waals surface area contributed by atoms with Crippen LogP contribution in [0.3, 0.4) is 0 Å². The van der Waals surface area contributed by atoms with Crippen molar-refractivity contribution in [3.05, 3.63) is 94.5 Å². The van der Waals surface area contributed by atoms with Crippen molar-refractivity contribution in [2.24, 2.45) is 0 Å². The van der Waals surface area contributed by atoms with Gasteiger partial charge in [-0.15, -0.1) is 0 Å². The van der Waals surface area contributed by atoms with Crippen LogP contribution in [0, 0.1) is 0 Å². The van der Waals surface area contributed by atoms with E-state index in [4.69, 9.17) is 0 Å². The number of carbonyl (C=O) groups excluding carboxylic acids is 2. The maximum atomic E-state index is 12.7. The van der Waals surface area contributed by atoms with E-state index in [1.54, 1.807) is 12.1 Å². The topological polar surface area (TPSA) is 49.4 Å². The molecular formula is C26H24N2O2. The standard InChI is InChI=1S/C26H24N2O2/c29-25-23-6-2-1-5-21(23)22-12-11-20(15-24(22)25)26(30)27-16-18-7-9-19(10-8-18)17-28-13-3-4-14-28/h1-2,5-12,15H,3-4,13-14,16-17H2,(H,27,30). The Labute approximate surface area is 176 Å². The van der Waals surface area contributed by atoms with Crippen LogP contribution in [0.15, 0.2) is 66.7 Å². The summed E-state index contributed by atoms with van der Waals surface area (Å²) in [5, 5.41) is 2.97. The van der Waals surface area contributed by atoms with E-state index in [2.05, 4.69) is 34.5 Å². The van der Waals surface area contributed by atoms with Gasteiger partial charge in [0.1, 0.15) is 0 Å². The Balaban J connectivity index is 1.24. The summed E-state index contributed by atoms with van der Waals surface area (Å²) in [7, 11) is 0. The van der Waals surface area contributed by atoms with Gasteiger partial charge in [-0.1, -0.05) is 54.6 Å². The van der Waals surface area contributed by atoms with Crippen LogP contribution in [0.25, 0.3) is 11.1 Å². The highest BCUT2D eigenvalue weighted by molar-refractivity contribution is 6.22. The molecular weight excluding hydrogens is 372 g/mol. The van der Waals surface area contributed by atoms with Crippen molar-refractivity contribution in [3.63, 3.8) is 0 Å². The number of carbonyl (C=O) groups is 2. The average Bonchev–Trinajstić information content (AvgIpc) is 3.40. The molecule has 1 aliphatic carbocycles. The third kappa shape index (κ3) is 3.55. The zero-order valence-electron chi connectivity index (χ0n) is 16.9. The number of ketones is 1. The monoisotopic (exact) mass is 396 g/mol. The predicted octanol–water partition coefficient (Wildman–Crippen LogP) is 4.42. The Kier molecular flexibility index (Phi) is 4.93. The van der Waals surface area contributed by atoms with Crippen LogP contribution in [0.4, 0.5) is 0 Å². The van der Waals surface area contributed by atoms with E-state index in [1.807, 2.05) is 30.3 Å². The summed E-state index contributed by atoms with van der Waals surface area (Å²) < 4.78 is 0. The molecule has 1 N–H and O–H groups in total. The highest BCUT2D eigenvalue weighted by Gasteiger charge is 2.27. The van der Waals surface area contributed by atoms with Crippen molar-refractivity contribution in [1.29, 1.82) is 0 Å². The molecule has 0 saturated carbocycles. The lowest BCUT2D eigenvalue weighted by Gasteiger charge is -2.14. The summed E-state index contributed by atoms with van der Waals surface area (Å²) in [5.74, 6) is -0.174. The van der Waals surface area contributed by atoms with Gasteiger partial charge in [0.25, 0.3) is 5.91 Å². The van der Waals surface area contributed by atoms with Gasteiger partial charge in [-0.05, 0) is 60.3 Å². The molecule has 3 aromatic carbocycles. The average molecular weight is 396 g/mol. The molecule has 1 fully saturated rings. The van der Waals surface area contributed by atoms with Crippen LogP contribution in [0.5, 0.6) is 0 Å². The van der Waals surface area contributed by atoms with Crippen molar-refractivity contribution in [1.82, 2.24) is 10.2 Å². The molecule has 150 valence electrons. The summed E-state index contributed by atoms with van der Waals surface area (Å²) in [6, 6.07) is 21.4. The van der Waals surface area contributed by atoms with Crippen molar-refractivity contribution in [2.75, 3.05) is 13.1 Å². The van der Waals surface area contributed by atoms with Crippen molar-refractivity contribution >= 4 is 11.7 Å². The Bertz CT molecular complexity index is 1110. The Hall–Kier alpha value is -3.24. The molecule has 4 nitrogen and oxygen atoms in total. The molecule has 0 atom stereocenters. The van der Waals surface area contributed by atoms with E-state index in [9.17, 15) is 9.59 Å². The molecule has 0 radical (unpaired) electrons. The van der Waals surface area contributed by atoms with Crippen molar-refractivity contribution in [2.45, 2.75) is 25.9 Å². The number of hydrogen-bond acceptors (Lipinski definition) is 3. The molecule has 0 spiro atoms. The lowest BCUT2D eigenvalue weighted by molar-refractivity contribution is 0.0951. The third-order valence-electron chi connectivity index (χ3n) is 6.07. The fourth-order valence-electron chi connectivity index (χ4n) is 4.42. The first-order valence-electron chi connectivity index (χ1n) is 10.6. The molecule has 1 heterocycles. The number of rotatable bonds is 5. The molecule has 1 aliphatic heterocycles. The van der Waals surface area contributed by atoms with E-state index < -0.39 is 0 Å². The van der Waals surface area contributed by atoms with E-state index in [-0.39, 0.29) is 11.7 Å². The fraction of sp³-hybridized carbons (Fsp3) is 0.231. The van der Waals surface area contributed by atoms with E-state index in [0.29, 0.717) is 23.2 Å². The quantitative estimate of drug-likeness (QED) is 0.543. The molecule has 3 aromatic rings. The van der Waals surface area contributed by atoms with Crippen LogP contribution in [0.2, 0.25) is 0 Å². The second-order valence-electron chi connectivity index (χ2n) is 8.12. The number of amides is 1. The molecule has 4 heteroatoms. The van der Waals surface area contributed by atoms with Gasteiger partial charge in [-0.2, -0.15) is 0 Å². The number of nitrogens with one attached hydrogen (secondary N) is 1. The van der Waals surface area contributed by atoms with Crippen molar-refractivity contribution in [3.8, 4) is 11.1 Å². The van der Waals surface area contributed by atoms with Crippen molar-refractivity contribution < 1.29 is 9.59 Å². The van der Waals surface area contributed by atoms with Gasteiger partial charge in [-0.3, -0.25) is 14.5 Å². The Morgan fingerprint density at radius 3 is 2.23 bits per heavy atom. The minimum atomic E-state index is -0.164. The SMILES string of the molecule is O=C(NCc1ccc(CN2CCCC2)cc1)c1ccc2c(c1)C(=O)c1ccccc1-2. The molecule has 0 bridgehead atoms. The molecule has 1 saturated heterocycles. The second-order valence-corrected chi connectivity index (χ2v) is 8.12. The van der Waals surface area contributed by atoms with Crippen LogP contribution >= 0.6 is 0 Å². The fourth-order valence-corrected chi connectivity index (χ4v) is 4.42. The smallest absolute Gasteiger partial charge is 0.251 e. The number of nitrogens with zero attached hydrogens (tertiary/aromatic N) is 1. The first-order valence-corrected chi connectivity index (χ1v) is 10.6. The summed E-state index contributed by atoms with van der Waals surface area (Å²) in [4.78, 5) is 27.8. The highest BCUT2D eigenvalue weighted by Crippen LogP contribution is 2.36. The van der Waals surface area contributed by atoms with Gasteiger partial charge in [0, 0.05) is 29.8 Å². The van der Waals surface area contributed by atoms with Crippen LogP contribution in [-0.4, -0.2) is 29.7 Å². The molecule has 30 heavy (non-hydrogen) atoms. The first-order chi connectivity index (χ1) is 14.7. The zero-order chi connectivity index (χ0) is 20.5. The normalized spacial score (nSPS) is 15.1. The summed E-state index contributed by atoms with van der Waals surface area (Å²) in [6.45, 7) is 3.84. The maximum absolute atomic E-state index is 12.7. The summed E-state index contributed by atoms with van der Waals surface area (Å²) in [6.07, 6.45) is 2.59. The maximum Gasteiger partial charge on any atom is 0.251 e. The largest absolute Gasteiger partial charge is 0.348 e. The minimum absolute atomic E-state index is 0.0103. The Morgan fingerprint density at radius 2 is 1.47 bits per heavy atom. The van der Waals surface area contributed by atoms with Gasteiger partial charge in [-0.25, -0.2) is 0 Å². The first kappa shape index (κ1) is 18.8. The predicted molar refractivity (Wildman–Crippen MR) is 117 cm³/mol. The van der Waals surface area contributed by atoms with Gasteiger partial charge >= 0.3 is 0 Å². The highest BCUT2D eigenvalue weighted by atomic mass is 16.1. The zero-order valence-corrected chi connectivity index (χ0v) is 16.9. The number of fused-ring (bicyclic) bond motifs is 3. The Morgan fingerprint density at radius 1 is 0.800 bits per heavy atom. The van der Waals surface area contributed by atoms with Gasteiger partial charge < -0.3 is 5.32 Å². The minimum Gasteiger partial charge on any atom is -0.348 e. The molecule has 5 rings (SSSR count). The molecule has 1 amide bonds. The molecule has 0 unspecified atom stereocenters. The van der Waals surface area contributed by atoms with E-state index in [1.165, 1.54) is 31.5 Å². The number of benzene rings is 3. The lowest BCUT2D eigenvalue weighted by atomic mass is 10.0. The van der Waals surface area contributed by atoms with Crippen LogP contribution < -0.4 is 5.32 Å². The number of hydrogen-bond donors (Lipinski definition) is 1. The van der Waals surface area contributed by atoms with E-state index >= 15 is 0 Å². The van der Waals surface area contributed by atoms with Crippen LogP contribution in [-0.2, 0) is 13.1 Å². The van der Waals surface area contributed by atoms with E-state index in [0.717, 1.165) is 23.2 Å². The van der Waals surface area contributed by atoms with Gasteiger partial charge in [0.05, 0.1) is 0 Å². The molecule has 2 aliphatic rings. The van der Waals surface area contributed by atoms with Crippen LogP contribution in [0.1, 0.15) is 50.2 Å². The summed E-state index contributed by atoms with van der Waals surface area (Å²) in [5.41, 5.74) is 6.05. The van der Waals surface area contributed by atoms with Gasteiger partial charge in [0.15, 0.2) is 5.78 Å². The van der Waals surface area contributed by atoms with Gasteiger partial charge in [0.2, 0.25) is 0 Å². The number of likely N-dealkylation sites (tertiary alicyclic amines) is 1. The second kappa shape index (κ2) is 7.88. The lowest BCUT2D eigenvalue weighted by Crippen LogP contribution is -2.23.